The van der Waals surface area contributed by atoms with E-state index in [4.69, 9.17) is 0 Å². The molecule has 0 radical (unpaired) electrons. The first-order valence-electron chi connectivity index (χ1n) is 4.51. The quantitative estimate of drug-likeness (QED) is 0.635. The molecule has 0 amide bonds. The van der Waals surface area contributed by atoms with Crippen molar-refractivity contribution < 1.29 is 0 Å². The Hall–Kier alpha value is -0.500. The number of thioether (sulfide) groups is 1. The summed E-state index contributed by atoms with van der Waals surface area (Å²) in [6, 6.07) is 2.18. The van der Waals surface area contributed by atoms with E-state index in [0.29, 0.717) is 0 Å². The van der Waals surface area contributed by atoms with E-state index < -0.39 is 0 Å². The lowest BCUT2D eigenvalue weighted by atomic mass is 10.2. The van der Waals surface area contributed by atoms with Crippen molar-refractivity contribution in [1.29, 1.82) is 0 Å². The van der Waals surface area contributed by atoms with Crippen LogP contribution in [0.25, 0.3) is 0 Å². The van der Waals surface area contributed by atoms with Crippen molar-refractivity contribution in [1.82, 2.24) is 4.98 Å². The fourth-order valence-corrected chi connectivity index (χ4v) is 2.01. The van der Waals surface area contributed by atoms with Crippen LogP contribution in [0.1, 0.15) is 31.9 Å². The fraction of sp³-hybridized carbons (Fsp3) is 0.545. The predicted octanol–water partition coefficient (Wildman–Crippen LogP) is 3.59. The Morgan fingerprint density at radius 2 is 1.85 bits per heavy atom. The van der Waals surface area contributed by atoms with Crippen LogP contribution in [0.15, 0.2) is 17.3 Å². The Kier molecular flexibility index (Phi) is 3.01. The zero-order valence-electron chi connectivity index (χ0n) is 9.01. The third kappa shape index (κ3) is 3.39. The van der Waals surface area contributed by atoms with Crippen molar-refractivity contribution in [2.75, 3.05) is 0 Å². The minimum absolute atomic E-state index is 0.243. The van der Waals surface area contributed by atoms with Gasteiger partial charge in [-0.2, -0.15) is 0 Å². The molecule has 0 aliphatic rings. The highest BCUT2D eigenvalue weighted by Gasteiger charge is 2.14. The molecule has 1 nitrogen and oxygen atoms in total. The van der Waals surface area contributed by atoms with Crippen LogP contribution in [0, 0.1) is 13.8 Å². The van der Waals surface area contributed by atoms with Crippen molar-refractivity contribution in [3.05, 3.63) is 23.4 Å². The molecule has 0 atom stereocenters. The Labute approximate surface area is 85.0 Å². The summed E-state index contributed by atoms with van der Waals surface area (Å²) in [6.45, 7) is 10.8. The molecule has 0 saturated carbocycles. The van der Waals surface area contributed by atoms with Crippen LogP contribution in [-0.4, -0.2) is 9.73 Å². The van der Waals surface area contributed by atoms with Gasteiger partial charge in [-0.3, -0.25) is 0 Å². The molecule has 0 aromatic carbocycles. The smallest absolute Gasteiger partial charge is 0.0994 e. The zero-order valence-corrected chi connectivity index (χ0v) is 9.83. The van der Waals surface area contributed by atoms with Crippen molar-refractivity contribution in [2.45, 2.75) is 44.4 Å². The van der Waals surface area contributed by atoms with Crippen LogP contribution in [0.2, 0.25) is 0 Å². The molecule has 0 N–H and O–H groups in total. The molecule has 1 heterocycles. The lowest BCUT2D eigenvalue weighted by Gasteiger charge is -2.18. The molecule has 0 unspecified atom stereocenters. The number of hydrogen-bond acceptors (Lipinski definition) is 2. The van der Waals surface area contributed by atoms with Crippen molar-refractivity contribution in [3.63, 3.8) is 0 Å². The molecule has 72 valence electrons. The minimum Gasteiger partial charge on any atom is -0.249 e. The van der Waals surface area contributed by atoms with Gasteiger partial charge in [-0.05, 0) is 25.0 Å². The molecule has 1 aromatic heterocycles. The van der Waals surface area contributed by atoms with Gasteiger partial charge in [0, 0.05) is 10.9 Å². The van der Waals surface area contributed by atoms with Gasteiger partial charge in [-0.1, -0.05) is 26.8 Å². The average molecular weight is 195 g/mol. The van der Waals surface area contributed by atoms with Gasteiger partial charge in [0.05, 0.1) is 5.03 Å². The highest BCUT2D eigenvalue weighted by Crippen LogP contribution is 2.32. The molecule has 0 aliphatic carbocycles. The van der Waals surface area contributed by atoms with E-state index in [-0.39, 0.29) is 4.75 Å². The summed E-state index contributed by atoms with van der Waals surface area (Å²) in [5.74, 6) is 0. The van der Waals surface area contributed by atoms with Crippen LogP contribution in [0.4, 0.5) is 0 Å². The largest absolute Gasteiger partial charge is 0.249 e. The van der Waals surface area contributed by atoms with Crippen LogP contribution in [0.5, 0.6) is 0 Å². The van der Waals surface area contributed by atoms with E-state index in [2.05, 4.69) is 45.7 Å². The van der Waals surface area contributed by atoms with Gasteiger partial charge in [0.25, 0.3) is 0 Å². The second-order valence-electron chi connectivity index (χ2n) is 4.35. The fourth-order valence-electron chi connectivity index (χ4n) is 1.10. The zero-order chi connectivity index (χ0) is 10.1. The second-order valence-corrected chi connectivity index (χ2v) is 6.16. The number of aromatic nitrogens is 1. The van der Waals surface area contributed by atoms with Crippen LogP contribution in [0.3, 0.4) is 0 Å². The Bertz CT molecular complexity index is 299. The van der Waals surface area contributed by atoms with Gasteiger partial charge in [0.2, 0.25) is 0 Å². The summed E-state index contributed by atoms with van der Waals surface area (Å²) < 4.78 is 0.243. The maximum absolute atomic E-state index is 4.43. The van der Waals surface area contributed by atoms with Gasteiger partial charge in [-0.25, -0.2) is 4.98 Å². The SMILES string of the molecule is Cc1cnc(SC(C)(C)C)c(C)c1. The van der Waals surface area contributed by atoms with E-state index in [0.717, 1.165) is 5.03 Å². The molecule has 0 spiro atoms. The van der Waals surface area contributed by atoms with Gasteiger partial charge >= 0.3 is 0 Å². The molecule has 1 rings (SSSR count). The minimum atomic E-state index is 0.243. The van der Waals surface area contributed by atoms with Crippen molar-refractivity contribution in [2.24, 2.45) is 0 Å². The van der Waals surface area contributed by atoms with Crippen LogP contribution < -0.4 is 0 Å². The summed E-state index contributed by atoms with van der Waals surface area (Å²) in [7, 11) is 0. The summed E-state index contributed by atoms with van der Waals surface area (Å²) in [4.78, 5) is 4.43. The van der Waals surface area contributed by atoms with E-state index >= 15 is 0 Å². The highest BCUT2D eigenvalue weighted by atomic mass is 32.2. The van der Waals surface area contributed by atoms with Crippen LogP contribution in [-0.2, 0) is 0 Å². The molecule has 13 heavy (non-hydrogen) atoms. The molecule has 0 saturated heterocycles. The number of hydrogen-bond donors (Lipinski definition) is 0. The molecule has 0 fully saturated rings. The van der Waals surface area contributed by atoms with Gasteiger partial charge in [0.15, 0.2) is 0 Å². The standard InChI is InChI=1S/C11H17NS/c1-8-6-9(2)10(12-7-8)13-11(3,4)5/h6-7H,1-5H3. The molecule has 2 heteroatoms. The Balaban J connectivity index is 2.90. The Morgan fingerprint density at radius 3 is 2.31 bits per heavy atom. The average Bonchev–Trinajstić information content (AvgIpc) is 1.93. The van der Waals surface area contributed by atoms with Gasteiger partial charge < -0.3 is 0 Å². The molecule has 0 bridgehead atoms. The maximum atomic E-state index is 4.43. The summed E-state index contributed by atoms with van der Waals surface area (Å²) >= 11 is 1.82. The predicted molar refractivity (Wildman–Crippen MR) is 59.3 cm³/mol. The van der Waals surface area contributed by atoms with Gasteiger partial charge in [-0.15, -0.1) is 11.8 Å². The van der Waals surface area contributed by atoms with Gasteiger partial charge in [0.1, 0.15) is 0 Å². The van der Waals surface area contributed by atoms with E-state index in [1.165, 1.54) is 11.1 Å². The Morgan fingerprint density at radius 1 is 1.23 bits per heavy atom. The summed E-state index contributed by atoms with van der Waals surface area (Å²) in [6.07, 6.45) is 1.93. The highest BCUT2D eigenvalue weighted by molar-refractivity contribution is 8.00. The third-order valence-electron chi connectivity index (χ3n) is 1.57. The molecule has 0 aliphatic heterocycles. The van der Waals surface area contributed by atoms with Crippen molar-refractivity contribution >= 4 is 11.8 Å². The molecule has 1 aromatic rings. The maximum Gasteiger partial charge on any atom is 0.0994 e. The third-order valence-corrected chi connectivity index (χ3v) is 2.80. The first-order chi connectivity index (χ1) is 5.88. The first kappa shape index (κ1) is 10.6. The number of nitrogens with zero attached hydrogens (tertiary/aromatic N) is 1. The number of pyridine rings is 1. The second kappa shape index (κ2) is 3.70. The van der Waals surface area contributed by atoms with Crippen LogP contribution >= 0.6 is 11.8 Å². The summed E-state index contributed by atoms with van der Waals surface area (Å²) in [5, 5.41) is 1.15. The first-order valence-corrected chi connectivity index (χ1v) is 5.32. The topological polar surface area (TPSA) is 12.9 Å². The normalized spacial score (nSPS) is 11.8. The monoisotopic (exact) mass is 195 g/mol. The lowest BCUT2D eigenvalue weighted by molar-refractivity contribution is 0.797. The van der Waals surface area contributed by atoms with E-state index in [9.17, 15) is 0 Å². The number of aryl methyl sites for hydroxylation is 2. The van der Waals surface area contributed by atoms with E-state index in [1.807, 2.05) is 18.0 Å². The lowest BCUT2D eigenvalue weighted by Crippen LogP contribution is -2.08. The summed E-state index contributed by atoms with van der Waals surface area (Å²) in [5.41, 5.74) is 2.51. The number of rotatable bonds is 1. The van der Waals surface area contributed by atoms with Crippen molar-refractivity contribution in [3.8, 4) is 0 Å². The molecular weight excluding hydrogens is 178 g/mol. The molecular formula is C11H17NS. The van der Waals surface area contributed by atoms with E-state index in [1.54, 1.807) is 0 Å².